The highest BCUT2D eigenvalue weighted by atomic mass is 16.5. The summed E-state index contributed by atoms with van der Waals surface area (Å²) in [7, 11) is 0. The lowest BCUT2D eigenvalue weighted by molar-refractivity contribution is 0.0736. The molecule has 0 radical (unpaired) electrons. The van der Waals surface area contributed by atoms with Gasteiger partial charge in [-0.15, -0.1) is 0 Å². The molecule has 0 N–H and O–H groups in total. The van der Waals surface area contributed by atoms with Gasteiger partial charge in [-0.05, 0) is 52.1 Å². The molecule has 0 aliphatic rings. The Morgan fingerprint density at radius 1 is 0.722 bits per heavy atom. The minimum atomic E-state index is -0.573. The number of hydrogen-bond acceptors (Lipinski definition) is 5. The van der Waals surface area contributed by atoms with Crippen molar-refractivity contribution in [2.24, 2.45) is 0 Å². The number of hydrogen-bond donors (Lipinski definition) is 0. The van der Waals surface area contributed by atoms with Crippen molar-refractivity contribution in [3.8, 4) is 5.75 Å². The Hall–Kier alpha value is -4.38. The van der Waals surface area contributed by atoms with Crippen molar-refractivity contribution in [3.05, 3.63) is 113 Å². The fraction of sp³-hybridized carbons (Fsp3) is 0.161. The molecule has 0 aliphatic heterocycles. The van der Waals surface area contributed by atoms with E-state index < -0.39 is 5.97 Å². The molecule has 0 saturated carbocycles. The summed E-state index contributed by atoms with van der Waals surface area (Å²) in [5.41, 5.74) is 2.77. The van der Waals surface area contributed by atoms with E-state index in [1.54, 1.807) is 48.5 Å². The maximum absolute atomic E-state index is 12.8. The molecule has 0 atom stereocenters. The van der Waals surface area contributed by atoms with Crippen LogP contribution in [-0.4, -0.2) is 23.8 Å². The van der Waals surface area contributed by atoms with Crippen LogP contribution in [0.2, 0.25) is 0 Å². The SMILES string of the molecule is CC(C)(C)c1ccc(C(=O)CC(=O)c2ccc(OC(=O)c3ccc(C=O)c4ccccc34)cc2)cc1. The van der Waals surface area contributed by atoms with Crippen LogP contribution in [0.1, 0.15) is 74.2 Å². The summed E-state index contributed by atoms with van der Waals surface area (Å²) in [4.78, 5) is 49.4. The summed E-state index contributed by atoms with van der Waals surface area (Å²) in [6.45, 7) is 6.29. The molecular formula is C31H26O5. The summed E-state index contributed by atoms with van der Waals surface area (Å²) >= 11 is 0. The van der Waals surface area contributed by atoms with E-state index in [0.29, 0.717) is 33.0 Å². The second kappa shape index (κ2) is 10.1. The summed E-state index contributed by atoms with van der Waals surface area (Å²) in [6.07, 6.45) is 0.502. The van der Waals surface area contributed by atoms with E-state index in [4.69, 9.17) is 4.74 Å². The number of carbonyl (C=O) groups excluding carboxylic acids is 4. The first-order valence-corrected chi connectivity index (χ1v) is 11.6. The Kier molecular flexibility index (Phi) is 6.93. The highest BCUT2D eigenvalue weighted by molar-refractivity contribution is 6.13. The van der Waals surface area contributed by atoms with Gasteiger partial charge in [-0.3, -0.25) is 14.4 Å². The van der Waals surface area contributed by atoms with E-state index in [0.717, 1.165) is 11.8 Å². The fourth-order valence-corrected chi connectivity index (χ4v) is 3.98. The van der Waals surface area contributed by atoms with Gasteiger partial charge in [0, 0.05) is 16.7 Å². The van der Waals surface area contributed by atoms with E-state index in [-0.39, 0.29) is 29.2 Å². The molecule has 4 aromatic carbocycles. The third-order valence-electron chi connectivity index (χ3n) is 6.09. The van der Waals surface area contributed by atoms with Crippen LogP contribution in [0, 0.1) is 0 Å². The molecule has 5 heteroatoms. The quantitative estimate of drug-likeness (QED) is 0.0980. The first-order chi connectivity index (χ1) is 17.2. The van der Waals surface area contributed by atoms with Gasteiger partial charge in [-0.1, -0.05) is 75.4 Å². The second-order valence-corrected chi connectivity index (χ2v) is 9.63. The van der Waals surface area contributed by atoms with Gasteiger partial charge in [0.25, 0.3) is 0 Å². The van der Waals surface area contributed by atoms with Crippen molar-refractivity contribution in [1.29, 1.82) is 0 Å². The van der Waals surface area contributed by atoms with Crippen molar-refractivity contribution in [2.45, 2.75) is 32.6 Å². The van der Waals surface area contributed by atoms with Gasteiger partial charge in [0.1, 0.15) is 5.75 Å². The van der Waals surface area contributed by atoms with Gasteiger partial charge >= 0.3 is 5.97 Å². The van der Waals surface area contributed by atoms with Crippen molar-refractivity contribution >= 4 is 34.6 Å². The van der Waals surface area contributed by atoms with Crippen molar-refractivity contribution in [3.63, 3.8) is 0 Å². The normalized spacial score (nSPS) is 11.2. The first kappa shape index (κ1) is 24.7. The number of aldehydes is 1. The van der Waals surface area contributed by atoms with Crippen molar-refractivity contribution in [2.75, 3.05) is 0 Å². The predicted molar refractivity (Wildman–Crippen MR) is 139 cm³/mol. The molecule has 0 amide bonds. The Bertz CT molecular complexity index is 1460. The van der Waals surface area contributed by atoms with E-state index in [1.165, 1.54) is 24.3 Å². The lowest BCUT2D eigenvalue weighted by atomic mass is 9.86. The minimum absolute atomic E-state index is 0.0192. The number of esters is 1. The number of rotatable bonds is 7. The number of ether oxygens (including phenoxy) is 1. The van der Waals surface area contributed by atoms with Crippen LogP contribution in [0.5, 0.6) is 5.75 Å². The minimum Gasteiger partial charge on any atom is -0.423 e. The number of fused-ring (bicyclic) bond motifs is 1. The average Bonchev–Trinajstić information content (AvgIpc) is 2.87. The highest BCUT2D eigenvalue weighted by Crippen LogP contribution is 2.25. The van der Waals surface area contributed by atoms with Gasteiger partial charge in [-0.2, -0.15) is 0 Å². The Labute approximate surface area is 209 Å². The average molecular weight is 479 g/mol. The molecule has 180 valence electrons. The molecule has 0 aliphatic carbocycles. The van der Waals surface area contributed by atoms with Crippen molar-refractivity contribution in [1.82, 2.24) is 0 Å². The summed E-state index contributed by atoms with van der Waals surface area (Å²) < 4.78 is 5.50. The monoisotopic (exact) mass is 478 g/mol. The van der Waals surface area contributed by atoms with Crippen molar-refractivity contribution < 1.29 is 23.9 Å². The summed E-state index contributed by atoms with van der Waals surface area (Å²) in [5.74, 6) is -0.865. The molecule has 0 saturated heterocycles. The first-order valence-electron chi connectivity index (χ1n) is 11.6. The standard InChI is InChI=1S/C31H26O5/c1-31(2,3)23-13-8-20(9-14-23)28(33)18-29(34)21-10-15-24(16-11-21)36-30(35)27-17-12-22(19-32)25-6-4-5-7-26(25)27/h4-17,19H,18H2,1-3H3. The van der Waals surface area contributed by atoms with E-state index in [1.807, 2.05) is 12.1 Å². The van der Waals surface area contributed by atoms with Crippen LogP contribution in [-0.2, 0) is 5.41 Å². The van der Waals surface area contributed by atoms with Gasteiger partial charge in [-0.25, -0.2) is 4.79 Å². The van der Waals surface area contributed by atoms with Gasteiger partial charge in [0.05, 0.1) is 12.0 Å². The fourth-order valence-electron chi connectivity index (χ4n) is 3.98. The molecule has 0 heterocycles. The zero-order valence-electron chi connectivity index (χ0n) is 20.4. The number of benzene rings is 4. The third kappa shape index (κ3) is 5.31. The smallest absolute Gasteiger partial charge is 0.344 e. The molecule has 36 heavy (non-hydrogen) atoms. The Balaban J connectivity index is 1.43. The molecule has 0 spiro atoms. The second-order valence-electron chi connectivity index (χ2n) is 9.63. The Morgan fingerprint density at radius 2 is 1.28 bits per heavy atom. The van der Waals surface area contributed by atoms with Crippen LogP contribution < -0.4 is 4.74 Å². The molecule has 0 aromatic heterocycles. The number of ketones is 2. The third-order valence-corrected chi connectivity index (χ3v) is 6.09. The van der Waals surface area contributed by atoms with Crippen LogP contribution in [0.4, 0.5) is 0 Å². The van der Waals surface area contributed by atoms with Gasteiger partial charge in [0.15, 0.2) is 17.9 Å². The number of carbonyl (C=O) groups is 4. The van der Waals surface area contributed by atoms with E-state index in [2.05, 4.69) is 20.8 Å². The molecular weight excluding hydrogens is 452 g/mol. The lowest BCUT2D eigenvalue weighted by Gasteiger charge is -2.18. The summed E-state index contributed by atoms with van der Waals surface area (Å²) in [5, 5.41) is 1.29. The zero-order valence-corrected chi connectivity index (χ0v) is 20.4. The topological polar surface area (TPSA) is 77.5 Å². The van der Waals surface area contributed by atoms with Crippen LogP contribution >= 0.6 is 0 Å². The molecule has 4 aromatic rings. The van der Waals surface area contributed by atoms with E-state index in [9.17, 15) is 19.2 Å². The van der Waals surface area contributed by atoms with Gasteiger partial charge in [0.2, 0.25) is 0 Å². The molecule has 0 fully saturated rings. The maximum atomic E-state index is 12.8. The van der Waals surface area contributed by atoms with Gasteiger partial charge < -0.3 is 4.74 Å². The molecule has 0 unspecified atom stereocenters. The largest absolute Gasteiger partial charge is 0.423 e. The van der Waals surface area contributed by atoms with Crippen LogP contribution in [0.25, 0.3) is 10.8 Å². The molecule has 5 nitrogen and oxygen atoms in total. The zero-order chi connectivity index (χ0) is 25.9. The lowest BCUT2D eigenvalue weighted by Crippen LogP contribution is -2.12. The van der Waals surface area contributed by atoms with Crippen LogP contribution in [0.3, 0.4) is 0 Å². The molecule has 4 rings (SSSR count). The Morgan fingerprint density at radius 3 is 1.83 bits per heavy atom. The van der Waals surface area contributed by atoms with Crippen LogP contribution in [0.15, 0.2) is 84.9 Å². The highest BCUT2D eigenvalue weighted by Gasteiger charge is 2.18. The molecule has 0 bridgehead atoms. The predicted octanol–water partition coefficient (Wildman–Crippen LogP) is 6.62. The van der Waals surface area contributed by atoms with E-state index >= 15 is 0 Å². The maximum Gasteiger partial charge on any atom is 0.344 e. The number of Topliss-reactive ketones (excluding diaryl/α,β-unsaturated/α-hetero) is 2. The summed E-state index contributed by atoms with van der Waals surface area (Å²) in [6, 6.07) is 23.7.